The molecule has 1 aliphatic rings. The quantitative estimate of drug-likeness (QED) is 0.800. The number of aryl methyl sites for hydroxylation is 1. The first-order valence-corrected chi connectivity index (χ1v) is 7.14. The lowest BCUT2D eigenvalue weighted by Crippen LogP contribution is -2.37. The summed E-state index contributed by atoms with van der Waals surface area (Å²) in [6.07, 6.45) is 3.32. The minimum Gasteiger partial charge on any atom is -0.444 e. The summed E-state index contributed by atoms with van der Waals surface area (Å²) in [6, 6.07) is 0. The third-order valence-corrected chi connectivity index (χ3v) is 3.27. The fraction of sp³-hybridized carbons (Fsp3) is 0.600. The number of carbonyl (C=O) groups excluding carboxylic acids is 1. The molecule has 1 aromatic heterocycles. The summed E-state index contributed by atoms with van der Waals surface area (Å²) in [5.74, 6) is -3.00. The van der Waals surface area contributed by atoms with Crippen molar-refractivity contribution in [3.05, 3.63) is 24.0 Å². The van der Waals surface area contributed by atoms with Gasteiger partial charge in [0.15, 0.2) is 0 Å². The minimum atomic E-state index is -3.00. The second-order valence-corrected chi connectivity index (χ2v) is 6.40. The number of hydrogen-bond donors (Lipinski definition) is 0. The number of rotatable bonds is 1. The van der Waals surface area contributed by atoms with Crippen LogP contribution in [0.3, 0.4) is 0 Å². The average molecular weight is 313 g/mol. The number of hydrogen-bond acceptors (Lipinski definition) is 3. The van der Waals surface area contributed by atoms with Gasteiger partial charge in [-0.15, -0.1) is 0 Å². The largest absolute Gasteiger partial charge is 0.444 e. The summed E-state index contributed by atoms with van der Waals surface area (Å²) in [5, 5.41) is 3.93. The molecule has 0 unspecified atom stereocenters. The van der Waals surface area contributed by atoms with Gasteiger partial charge in [0.1, 0.15) is 5.60 Å². The minimum absolute atomic E-state index is 0.0534. The number of amides is 1. The first-order valence-electron chi connectivity index (χ1n) is 7.14. The molecule has 1 amide bonds. The van der Waals surface area contributed by atoms with Crippen LogP contribution in [0.2, 0.25) is 0 Å². The van der Waals surface area contributed by atoms with Crippen LogP contribution in [0.15, 0.2) is 18.5 Å². The van der Waals surface area contributed by atoms with Gasteiger partial charge in [-0.2, -0.15) is 5.10 Å². The maximum Gasteiger partial charge on any atom is 0.410 e. The topological polar surface area (TPSA) is 47.4 Å². The summed E-state index contributed by atoms with van der Waals surface area (Å²) < 4.78 is 35.3. The summed E-state index contributed by atoms with van der Waals surface area (Å²) in [5.41, 5.74) is -0.368. The van der Waals surface area contributed by atoms with Crippen molar-refractivity contribution in [2.75, 3.05) is 13.1 Å². The van der Waals surface area contributed by atoms with Gasteiger partial charge >= 0.3 is 6.09 Å². The van der Waals surface area contributed by atoms with Crippen molar-refractivity contribution < 1.29 is 18.3 Å². The number of carbonyl (C=O) groups is 1. The highest BCUT2D eigenvalue weighted by molar-refractivity contribution is 5.73. The molecule has 1 aliphatic heterocycles. The number of ether oxygens (including phenoxy) is 1. The van der Waals surface area contributed by atoms with Gasteiger partial charge in [-0.3, -0.25) is 4.68 Å². The van der Waals surface area contributed by atoms with Gasteiger partial charge in [0.05, 0.1) is 6.20 Å². The Hall–Kier alpha value is -1.92. The molecule has 2 rings (SSSR count). The fourth-order valence-electron chi connectivity index (χ4n) is 2.23. The molecule has 0 spiro atoms. The molecule has 22 heavy (non-hydrogen) atoms. The van der Waals surface area contributed by atoms with Crippen LogP contribution in [-0.4, -0.2) is 45.4 Å². The molecule has 0 aromatic carbocycles. The summed E-state index contributed by atoms with van der Waals surface area (Å²) >= 11 is 0. The molecule has 1 aromatic rings. The molecule has 0 atom stereocenters. The predicted molar refractivity (Wildman–Crippen MR) is 78.6 cm³/mol. The van der Waals surface area contributed by atoms with Crippen LogP contribution in [-0.2, 0) is 11.8 Å². The maximum absolute atomic E-state index is 14.3. The molecule has 5 nitrogen and oxygen atoms in total. The Morgan fingerprint density at radius 3 is 2.64 bits per heavy atom. The lowest BCUT2D eigenvalue weighted by molar-refractivity contribution is 0.0178. The number of allylic oxidation sites excluding steroid dienone is 1. The summed E-state index contributed by atoms with van der Waals surface area (Å²) in [7, 11) is 1.67. The normalized spacial score (nSPS) is 18.6. The van der Waals surface area contributed by atoms with Crippen molar-refractivity contribution in [2.45, 2.75) is 38.7 Å². The van der Waals surface area contributed by atoms with Crippen LogP contribution in [0.25, 0.3) is 5.57 Å². The van der Waals surface area contributed by atoms with Crippen LogP contribution in [0.4, 0.5) is 13.6 Å². The second-order valence-electron chi connectivity index (χ2n) is 6.40. The van der Waals surface area contributed by atoms with Crippen LogP contribution in [0.5, 0.6) is 0 Å². The smallest absolute Gasteiger partial charge is 0.410 e. The highest BCUT2D eigenvalue weighted by Gasteiger charge is 2.39. The number of aromatic nitrogens is 2. The lowest BCUT2D eigenvalue weighted by Gasteiger charge is -2.26. The maximum atomic E-state index is 14.3. The lowest BCUT2D eigenvalue weighted by atomic mass is 10.0. The molecular weight excluding hydrogens is 292 g/mol. The van der Waals surface area contributed by atoms with Gasteiger partial charge in [-0.1, -0.05) is 6.08 Å². The van der Waals surface area contributed by atoms with Crippen LogP contribution in [0, 0.1) is 0 Å². The molecule has 0 aliphatic carbocycles. The van der Waals surface area contributed by atoms with Crippen molar-refractivity contribution in [3.63, 3.8) is 0 Å². The van der Waals surface area contributed by atoms with E-state index in [4.69, 9.17) is 4.74 Å². The van der Waals surface area contributed by atoms with Gasteiger partial charge in [0.25, 0.3) is 5.92 Å². The predicted octanol–water partition coefficient (Wildman–Crippen LogP) is 3.08. The molecule has 0 radical (unpaired) electrons. The standard InChI is InChI=1S/C15H21F2N3O2/c1-14(2,3)22-13(21)20-7-5-12(15(16,17)6-8-20)11-9-18-19(4)10-11/h5,9-10H,6-8H2,1-4H3. The van der Waals surface area contributed by atoms with Gasteiger partial charge in [-0.25, -0.2) is 13.6 Å². The van der Waals surface area contributed by atoms with Crippen molar-refractivity contribution >= 4 is 11.7 Å². The molecule has 0 saturated carbocycles. The number of halogens is 2. The Labute approximate surface area is 128 Å². The monoisotopic (exact) mass is 313 g/mol. The average Bonchev–Trinajstić information content (AvgIpc) is 2.69. The molecule has 0 bridgehead atoms. The third-order valence-electron chi connectivity index (χ3n) is 3.27. The van der Waals surface area contributed by atoms with E-state index in [2.05, 4.69) is 5.10 Å². The molecule has 7 heteroatoms. The van der Waals surface area contributed by atoms with Crippen LogP contribution < -0.4 is 0 Å². The Balaban J connectivity index is 2.20. The number of alkyl halides is 2. The Morgan fingerprint density at radius 2 is 2.09 bits per heavy atom. The van der Waals surface area contributed by atoms with Crippen molar-refractivity contribution in [1.29, 1.82) is 0 Å². The molecule has 0 N–H and O–H groups in total. The van der Waals surface area contributed by atoms with Crippen LogP contribution in [0.1, 0.15) is 32.8 Å². The SMILES string of the molecule is Cn1cc(C2=CCN(C(=O)OC(C)(C)C)CCC2(F)F)cn1. The van der Waals surface area contributed by atoms with E-state index in [1.54, 1.807) is 34.0 Å². The Morgan fingerprint density at radius 1 is 1.41 bits per heavy atom. The first kappa shape index (κ1) is 16.5. The van der Waals surface area contributed by atoms with Gasteiger partial charge in [0, 0.05) is 43.9 Å². The van der Waals surface area contributed by atoms with Crippen molar-refractivity contribution in [2.24, 2.45) is 7.05 Å². The fourth-order valence-corrected chi connectivity index (χ4v) is 2.23. The molecule has 122 valence electrons. The van der Waals surface area contributed by atoms with E-state index in [-0.39, 0.29) is 18.7 Å². The Bertz CT molecular complexity index is 588. The van der Waals surface area contributed by atoms with Gasteiger partial charge in [0.2, 0.25) is 0 Å². The molecule has 2 heterocycles. The van der Waals surface area contributed by atoms with E-state index in [0.29, 0.717) is 5.56 Å². The molecular formula is C15H21F2N3O2. The van der Waals surface area contributed by atoms with E-state index in [9.17, 15) is 13.6 Å². The van der Waals surface area contributed by atoms with Crippen molar-refractivity contribution in [1.82, 2.24) is 14.7 Å². The third kappa shape index (κ3) is 3.84. The zero-order valence-electron chi connectivity index (χ0n) is 13.3. The van der Waals surface area contributed by atoms with E-state index in [1.165, 1.54) is 21.9 Å². The van der Waals surface area contributed by atoms with Gasteiger partial charge in [-0.05, 0) is 20.8 Å². The van der Waals surface area contributed by atoms with E-state index >= 15 is 0 Å². The van der Waals surface area contributed by atoms with Crippen LogP contribution >= 0.6 is 0 Å². The zero-order chi connectivity index (χ0) is 16.5. The van der Waals surface area contributed by atoms with E-state index < -0.39 is 24.0 Å². The van der Waals surface area contributed by atoms with E-state index in [1.807, 2.05) is 0 Å². The summed E-state index contributed by atoms with van der Waals surface area (Å²) in [6.45, 7) is 5.27. The highest BCUT2D eigenvalue weighted by atomic mass is 19.3. The Kier molecular flexibility index (Phi) is 4.26. The summed E-state index contributed by atoms with van der Waals surface area (Å²) in [4.78, 5) is 13.3. The number of nitrogens with zero attached hydrogens (tertiary/aromatic N) is 3. The zero-order valence-corrected chi connectivity index (χ0v) is 13.3. The van der Waals surface area contributed by atoms with E-state index in [0.717, 1.165) is 0 Å². The molecule has 0 fully saturated rings. The second kappa shape index (κ2) is 5.70. The highest BCUT2D eigenvalue weighted by Crippen LogP contribution is 2.37. The van der Waals surface area contributed by atoms with Crippen molar-refractivity contribution in [3.8, 4) is 0 Å². The van der Waals surface area contributed by atoms with Gasteiger partial charge < -0.3 is 9.64 Å². The first-order chi connectivity index (χ1) is 10.1. The molecule has 0 saturated heterocycles.